The topological polar surface area (TPSA) is 52.7 Å². The minimum absolute atomic E-state index is 0.0220. The van der Waals surface area contributed by atoms with Crippen molar-refractivity contribution >= 4 is 17.6 Å². The van der Waals surface area contributed by atoms with E-state index < -0.39 is 0 Å². The quantitative estimate of drug-likeness (QED) is 0.818. The zero-order chi connectivity index (χ0) is 18.6. The van der Waals surface area contributed by atoms with Gasteiger partial charge in [0.05, 0.1) is 6.42 Å². The van der Waals surface area contributed by atoms with Gasteiger partial charge in [-0.2, -0.15) is 0 Å². The van der Waals surface area contributed by atoms with Gasteiger partial charge in [0.2, 0.25) is 5.91 Å². The van der Waals surface area contributed by atoms with E-state index in [0.717, 1.165) is 30.5 Å². The van der Waals surface area contributed by atoms with Crippen LogP contribution in [0.1, 0.15) is 45.6 Å². The first kappa shape index (κ1) is 19.3. The molecule has 0 aromatic heterocycles. The maximum Gasteiger partial charge on any atom is 0.322 e. The van der Waals surface area contributed by atoms with E-state index >= 15 is 0 Å². The number of hydrogen-bond acceptors (Lipinski definition) is 2. The van der Waals surface area contributed by atoms with Gasteiger partial charge in [0.25, 0.3) is 0 Å². The summed E-state index contributed by atoms with van der Waals surface area (Å²) in [6.45, 7) is 6.48. The van der Waals surface area contributed by atoms with Crippen molar-refractivity contribution in [1.29, 1.82) is 0 Å². The summed E-state index contributed by atoms with van der Waals surface area (Å²) in [5.41, 5.74) is 1.58. The summed E-state index contributed by atoms with van der Waals surface area (Å²) in [7, 11) is 3.48. The van der Waals surface area contributed by atoms with Gasteiger partial charge in [0.15, 0.2) is 0 Å². The summed E-state index contributed by atoms with van der Waals surface area (Å²) in [6.07, 6.45) is 3.49. The zero-order valence-electron chi connectivity index (χ0n) is 16.1. The largest absolute Gasteiger partial charge is 0.349 e. The molecule has 138 valence electrons. The van der Waals surface area contributed by atoms with Crippen molar-refractivity contribution in [2.45, 2.75) is 58.5 Å². The second kappa shape index (κ2) is 8.37. The standard InChI is InChI=1S/C20H31N3O2/c1-6-14(2)15(3)23(17-11-12-17)20(25)21-18-10-8-7-9-16(18)13-19(24)22(4)5/h7-10,14-15,17H,6,11-13H2,1-5H3,(H,21,25)/t14-,15+/m1/s1. The molecule has 0 radical (unpaired) electrons. The highest BCUT2D eigenvalue weighted by molar-refractivity contribution is 5.92. The lowest BCUT2D eigenvalue weighted by molar-refractivity contribution is -0.127. The monoisotopic (exact) mass is 345 g/mol. The number of likely N-dealkylation sites (N-methyl/N-ethyl adjacent to an activating group) is 1. The van der Waals surface area contributed by atoms with Crippen LogP contribution in [-0.4, -0.2) is 47.9 Å². The second-order valence-corrected chi connectivity index (χ2v) is 7.32. The van der Waals surface area contributed by atoms with Crippen molar-refractivity contribution < 1.29 is 9.59 Å². The molecule has 0 aliphatic heterocycles. The molecule has 0 bridgehead atoms. The molecular formula is C20H31N3O2. The van der Waals surface area contributed by atoms with Crippen LogP contribution in [0.4, 0.5) is 10.5 Å². The van der Waals surface area contributed by atoms with Gasteiger partial charge in [-0.25, -0.2) is 4.79 Å². The molecule has 1 fully saturated rings. The summed E-state index contributed by atoms with van der Waals surface area (Å²) in [4.78, 5) is 28.6. The third-order valence-corrected chi connectivity index (χ3v) is 5.18. The molecule has 5 nitrogen and oxygen atoms in total. The van der Waals surface area contributed by atoms with Crippen molar-refractivity contribution in [3.8, 4) is 0 Å². The fourth-order valence-electron chi connectivity index (χ4n) is 2.95. The van der Waals surface area contributed by atoms with Gasteiger partial charge < -0.3 is 15.1 Å². The smallest absolute Gasteiger partial charge is 0.322 e. The number of nitrogens with one attached hydrogen (secondary N) is 1. The molecule has 25 heavy (non-hydrogen) atoms. The Kier molecular flexibility index (Phi) is 6.45. The molecule has 1 aliphatic rings. The molecule has 5 heteroatoms. The van der Waals surface area contributed by atoms with Crippen LogP contribution in [0, 0.1) is 5.92 Å². The Hall–Kier alpha value is -2.04. The maximum absolute atomic E-state index is 12.9. The van der Waals surface area contributed by atoms with Crippen LogP contribution in [0.5, 0.6) is 0 Å². The van der Waals surface area contributed by atoms with E-state index in [2.05, 4.69) is 26.1 Å². The van der Waals surface area contributed by atoms with E-state index in [9.17, 15) is 9.59 Å². The summed E-state index contributed by atoms with van der Waals surface area (Å²) < 4.78 is 0. The van der Waals surface area contributed by atoms with Gasteiger partial charge in [-0.1, -0.05) is 38.5 Å². The molecule has 1 aliphatic carbocycles. The fraction of sp³-hybridized carbons (Fsp3) is 0.600. The van der Waals surface area contributed by atoms with Crippen molar-refractivity contribution in [2.24, 2.45) is 5.92 Å². The number of urea groups is 1. The number of benzene rings is 1. The Bertz CT molecular complexity index is 611. The molecule has 0 saturated heterocycles. The Morgan fingerprint density at radius 2 is 1.84 bits per heavy atom. The van der Waals surface area contributed by atoms with E-state index in [1.165, 1.54) is 0 Å². The number of para-hydroxylation sites is 1. The normalized spacial score (nSPS) is 16.0. The fourth-order valence-corrected chi connectivity index (χ4v) is 2.95. The molecule has 0 spiro atoms. The highest BCUT2D eigenvalue weighted by Gasteiger charge is 2.37. The number of nitrogens with zero attached hydrogens (tertiary/aromatic N) is 2. The average molecular weight is 345 g/mol. The van der Waals surface area contributed by atoms with Crippen molar-refractivity contribution in [3.05, 3.63) is 29.8 Å². The molecule has 1 aromatic carbocycles. The Labute approximate surface area is 151 Å². The van der Waals surface area contributed by atoms with E-state index in [-0.39, 0.29) is 24.4 Å². The van der Waals surface area contributed by atoms with Crippen molar-refractivity contribution in [3.63, 3.8) is 0 Å². The van der Waals surface area contributed by atoms with E-state index in [4.69, 9.17) is 0 Å². The van der Waals surface area contributed by atoms with Crippen LogP contribution in [0.3, 0.4) is 0 Å². The van der Waals surface area contributed by atoms with Crippen LogP contribution >= 0.6 is 0 Å². The van der Waals surface area contributed by atoms with Gasteiger partial charge >= 0.3 is 6.03 Å². The van der Waals surface area contributed by atoms with Gasteiger partial charge in [0, 0.05) is 31.9 Å². The third-order valence-electron chi connectivity index (χ3n) is 5.18. The number of carbonyl (C=O) groups excluding carboxylic acids is 2. The lowest BCUT2D eigenvalue weighted by Gasteiger charge is -2.33. The molecule has 2 rings (SSSR count). The van der Waals surface area contributed by atoms with Crippen molar-refractivity contribution in [1.82, 2.24) is 9.80 Å². The molecule has 1 aromatic rings. The van der Waals surface area contributed by atoms with E-state index in [1.54, 1.807) is 19.0 Å². The van der Waals surface area contributed by atoms with E-state index in [0.29, 0.717) is 12.0 Å². The first-order chi connectivity index (χ1) is 11.8. The number of carbonyl (C=O) groups is 2. The minimum Gasteiger partial charge on any atom is -0.349 e. The third kappa shape index (κ3) is 4.97. The Morgan fingerprint density at radius 3 is 2.40 bits per heavy atom. The van der Waals surface area contributed by atoms with Gasteiger partial charge in [-0.05, 0) is 37.3 Å². The zero-order valence-corrected chi connectivity index (χ0v) is 16.1. The maximum atomic E-state index is 12.9. The van der Waals surface area contributed by atoms with Crippen LogP contribution in [0.15, 0.2) is 24.3 Å². The number of rotatable bonds is 7. The lowest BCUT2D eigenvalue weighted by atomic mass is 9.99. The number of hydrogen-bond donors (Lipinski definition) is 1. The first-order valence-corrected chi connectivity index (χ1v) is 9.22. The highest BCUT2D eigenvalue weighted by Crippen LogP contribution is 2.32. The molecular weight excluding hydrogens is 314 g/mol. The minimum atomic E-state index is -0.0555. The predicted octanol–water partition coefficient (Wildman–Crippen LogP) is 3.75. The van der Waals surface area contributed by atoms with Crippen LogP contribution < -0.4 is 5.32 Å². The summed E-state index contributed by atoms with van der Waals surface area (Å²) in [5, 5.41) is 3.05. The van der Waals surface area contributed by atoms with Gasteiger partial charge in [-0.3, -0.25) is 4.79 Å². The lowest BCUT2D eigenvalue weighted by Crippen LogP contribution is -2.46. The highest BCUT2D eigenvalue weighted by atomic mass is 16.2. The summed E-state index contributed by atoms with van der Waals surface area (Å²) in [5.74, 6) is 0.477. The Balaban J connectivity index is 2.14. The van der Waals surface area contributed by atoms with Gasteiger partial charge in [0.1, 0.15) is 0 Å². The SMILES string of the molecule is CC[C@@H](C)[C@H](C)N(C(=O)Nc1ccccc1CC(=O)N(C)C)C1CC1. The van der Waals surface area contributed by atoms with Crippen molar-refractivity contribution in [2.75, 3.05) is 19.4 Å². The molecule has 1 N–H and O–H groups in total. The molecule has 1 saturated carbocycles. The van der Waals surface area contributed by atoms with E-state index in [1.807, 2.05) is 29.2 Å². The first-order valence-electron chi connectivity index (χ1n) is 9.22. The average Bonchev–Trinajstić information content (AvgIpc) is 3.40. The number of anilines is 1. The molecule has 2 atom stereocenters. The summed E-state index contributed by atoms with van der Waals surface area (Å²) >= 11 is 0. The predicted molar refractivity (Wildman–Crippen MR) is 102 cm³/mol. The number of amides is 3. The summed E-state index contributed by atoms with van der Waals surface area (Å²) in [6, 6.07) is 8.05. The van der Waals surface area contributed by atoms with Crippen LogP contribution in [0.2, 0.25) is 0 Å². The second-order valence-electron chi connectivity index (χ2n) is 7.32. The molecule has 3 amide bonds. The van der Waals surface area contributed by atoms with Gasteiger partial charge in [-0.15, -0.1) is 0 Å². The van der Waals surface area contributed by atoms with Crippen LogP contribution in [-0.2, 0) is 11.2 Å². The van der Waals surface area contributed by atoms with Crippen LogP contribution in [0.25, 0.3) is 0 Å². The Morgan fingerprint density at radius 1 is 1.20 bits per heavy atom. The molecule has 0 heterocycles. The molecule has 0 unspecified atom stereocenters.